The van der Waals surface area contributed by atoms with E-state index in [-0.39, 0.29) is 5.41 Å². The van der Waals surface area contributed by atoms with Crippen LogP contribution >= 0.6 is 0 Å². The van der Waals surface area contributed by atoms with Crippen molar-refractivity contribution in [3.8, 4) is 50.2 Å². The van der Waals surface area contributed by atoms with Crippen molar-refractivity contribution in [2.24, 2.45) is 0 Å². The molecule has 3 heteroatoms. The molecule has 0 atom stereocenters. The van der Waals surface area contributed by atoms with Crippen molar-refractivity contribution in [3.63, 3.8) is 0 Å². The minimum Gasteiger partial charge on any atom is -0.311 e. The van der Waals surface area contributed by atoms with E-state index in [0.717, 1.165) is 22.7 Å². The van der Waals surface area contributed by atoms with Gasteiger partial charge in [-0.1, -0.05) is 178 Å². The van der Waals surface area contributed by atoms with Crippen LogP contribution in [-0.2, 0) is 5.41 Å². The lowest BCUT2D eigenvalue weighted by atomic mass is 9.81. The number of anilines is 3. The highest BCUT2D eigenvalue weighted by atomic mass is 15.1. The molecule has 0 saturated heterocycles. The molecule has 3 nitrogen and oxygen atoms in total. The molecule has 0 spiro atoms. The van der Waals surface area contributed by atoms with Crippen LogP contribution < -0.4 is 4.90 Å². The van der Waals surface area contributed by atoms with E-state index < -0.39 is 0 Å². The van der Waals surface area contributed by atoms with Gasteiger partial charge in [0.2, 0.25) is 0 Å². The van der Waals surface area contributed by atoms with Crippen molar-refractivity contribution in [2.75, 3.05) is 4.90 Å². The first-order valence-corrected chi connectivity index (χ1v) is 25.1. The van der Waals surface area contributed by atoms with Crippen LogP contribution in [0.1, 0.15) is 25.0 Å². The Hall–Kier alpha value is -9.18. The zero-order valence-electron chi connectivity index (χ0n) is 40.0. The molecule has 0 unspecified atom stereocenters. The molecular weight excluding hydrogens is 871 g/mol. The molecule has 15 rings (SSSR count). The summed E-state index contributed by atoms with van der Waals surface area (Å²) in [6.45, 7) is 4.71. The standard InChI is InChI=1S/C69H47N3/c1-69(2)62-18-7-3-12-54(62)55-40-30-49(43-63(55)69)47-28-36-52(37-29-47)70(50-32-22-44(23-33-50)45-24-38-53(39-25-45)71-64-19-8-4-13-56(64)57-14-5-9-20-65(57)71)51-34-26-46(27-35-51)48-31-41-67-61(42-48)60-17-11-16-59-58-15-6-10-21-66(58)72(67)68(59)60/h3-43H,1-2H3. The second-order valence-electron chi connectivity index (χ2n) is 20.1. The molecule has 3 aromatic heterocycles. The predicted octanol–water partition coefficient (Wildman–Crippen LogP) is 18.7. The lowest BCUT2D eigenvalue weighted by Gasteiger charge is -2.26. The predicted molar refractivity (Wildman–Crippen MR) is 304 cm³/mol. The van der Waals surface area contributed by atoms with E-state index >= 15 is 0 Å². The summed E-state index contributed by atoms with van der Waals surface area (Å²) in [7, 11) is 0. The molecule has 1 aliphatic carbocycles. The third kappa shape index (κ3) is 5.98. The van der Waals surface area contributed by atoms with E-state index in [4.69, 9.17) is 0 Å². The molecule has 11 aromatic carbocycles. The summed E-state index contributed by atoms with van der Waals surface area (Å²) in [5.41, 5.74) is 23.3. The van der Waals surface area contributed by atoms with Crippen LogP contribution in [0.3, 0.4) is 0 Å². The van der Waals surface area contributed by atoms with Crippen LogP contribution in [0.2, 0.25) is 0 Å². The summed E-state index contributed by atoms with van der Waals surface area (Å²) in [6.07, 6.45) is 0. The second kappa shape index (κ2) is 15.4. The molecule has 72 heavy (non-hydrogen) atoms. The molecule has 0 N–H and O–H groups in total. The maximum atomic E-state index is 2.45. The van der Waals surface area contributed by atoms with E-state index in [1.54, 1.807) is 0 Å². The highest BCUT2D eigenvalue weighted by Crippen LogP contribution is 2.50. The van der Waals surface area contributed by atoms with Crippen LogP contribution in [0.4, 0.5) is 17.1 Å². The number of nitrogens with zero attached hydrogens (tertiary/aromatic N) is 3. The van der Waals surface area contributed by atoms with E-state index in [9.17, 15) is 0 Å². The van der Waals surface area contributed by atoms with Gasteiger partial charge < -0.3 is 13.9 Å². The summed E-state index contributed by atoms with van der Waals surface area (Å²) in [5.74, 6) is 0. The fourth-order valence-corrected chi connectivity index (χ4v) is 12.4. The minimum absolute atomic E-state index is 0.0556. The fraction of sp³-hybridized carbons (Fsp3) is 0.0435. The minimum atomic E-state index is -0.0556. The number of fused-ring (bicyclic) bond motifs is 12. The lowest BCUT2D eigenvalue weighted by molar-refractivity contribution is 0.660. The Morgan fingerprint density at radius 1 is 0.306 bits per heavy atom. The van der Waals surface area contributed by atoms with Crippen LogP contribution in [-0.4, -0.2) is 8.97 Å². The Kier molecular flexibility index (Phi) is 8.71. The largest absolute Gasteiger partial charge is 0.311 e. The summed E-state index contributed by atoms with van der Waals surface area (Å²) < 4.78 is 4.82. The first kappa shape index (κ1) is 40.7. The Balaban J connectivity index is 0.789. The van der Waals surface area contributed by atoms with Gasteiger partial charge in [0.15, 0.2) is 0 Å². The number of aromatic nitrogens is 2. The zero-order valence-corrected chi connectivity index (χ0v) is 40.0. The molecule has 0 saturated carbocycles. The van der Waals surface area contributed by atoms with Crippen LogP contribution in [0.25, 0.3) is 110 Å². The van der Waals surface area contributed by atoms with Gasteiger partial charge in [-0.3, -0.25) is 0 Å². The molecule has 0 aliphatic heterocycles. The van der Waals surface area contributed by atoms with Crippen molar-refractivity contribution in [1.82, 2.24) is 8.97 Å². The Morgan fingerprint density at radius 2 is 0.722 bits per heavy atom. The monoisotopic (exact) mass is 917 g/mol. The topological polar surface area (TPSA) is 12.6 Å². The molecular formula is C69H47N3. The van der Waals surface area contributed by atoms with Gasteiger partial charge in [0.1, 0.15) is 0 Å². The number of hydrogen-bond donors (Lipinski definition) is 0. The summed E-state index contributed by atoms with van der Waals surface area (Å²) in [6, 6.07) is 92.0. The number of hydrogen-bond acceptors (Lipinski definition) is 1. The average Bonchev–Trinajstić information content (AvgIpc) is 4.14. The molecule has 0 radical (unpaired) electrons. The molecule has 3 heterocycles. The SMILES string of the molecule is CC1(C)c2ccccc2-c2ccc(-c3ccc(N(c4ccc(-c5ccc(-n6c7ccccc7c7ccccc76)cc5)cc4)c4ccc(-c5ccc6c(c5)c5cccc7c8ccccc8n6c75)cc4)cc3)cc21. The van der Waals surface area contributed by atoms with Gasteiger partial charge in [0, 0.05) is 60.5 Å². The molecule has 0 fully saturated rings. The lowest BCUT2D eigenvalue weighted by Crippen LogP contribution is -2.14. The van der Waals surface area contributed by atoms with Gasteiger partial charge in [-0.2, -0.15) is 0 Å². The fourth-order valence-electron chi connectivity index (χ4n) is 12.4. The Morgan fingerprint density at radius 3 is 1.33 bits per heavy atom. The van der Waals surface area contributed by atoms with E-state index in [0.29, 0.717) is 0 Å². The first-order valence-electron chi connectivity index (χ1n) is 25.1. The number of benzene rings is 11. The van der Waals surface area contributed by atoms with E-state index in [1.807, 2.05) is 0 Å². The Bertz CT molecular complexity index is 4380. The number of rotatable bonds is 7. The average molecular weight is 918 g/mol. The summed E-state index contributed by atoms with van der Waals surface area (Å²) in [4.78, 5) is 2.38. The summed E-state index contributed by atoms with van der Waals surface area (Å²) >= 11 is 0. The van der Waals surface area contributed by atoms with Gasteiger partial charge in [0.25, 0.3) is 0 Å². The molecule has 338 valence electrons. The second-order valence-corrected chi connectivity index (χ2v) is 20.1. The number of para-hydroxylation sites is 4. The van der Waals surface area contributed by atoms with Gasteiger partial charge in [-0.05, 0) is 141 Å². The smallest absolute Gasteiger partial charge is 0.0620 e. The maximum absolute atomic E-state index is 2.45. The normalized spacial score (nSPS) is 13.0. The zero-order chi connectivity index (χ0) is 47.7. The Labute approximate surface area is 418 Å². The van der Waals surface area contributed by atoms with Crippen molar-refractivity contribution in [3.05, 3.63) is 260 Å². The highest BCUT2D eigenvalue weighted by Gasteiger charge is 2.35. The quantitative estimate of drug-likeness (QED) is 0.155. The van der Waals surface area contributed by atoms with Gasteiger partial charge >= 0.3 is 0 Å². The van der Waals surface area contributed by atoms with E-state index in [1.165, 1.54) is 116 Å². The molecule has 0 bridgehead atoms. The van der Waals surface area contributed by atoms with Crippen molar-refractivity contribution in [2.45, 2.75) is 19.3 Å². The van der Waals surface area contributed by atoms with Gasteiger partial charge in [0.05, 0.1) is 27.6 Å². The third-order valence-electron chi connectivity index (χ3n) is 15.9. The van der Waals surface area contributed by atoms with E-state index in [2.05, 4.69) is 276 Å². The van der Waals surface area contributed by atoms with Crippen LogP contribution in [0.15, 0.2) is 249 Å². The molecule has 14 aromatic rings. The van der Waals surface area contributed by atoms with Crippen LogP contribution in [0, 0.1) is 0 Å². The summed E-state index contributed by atoms with van der Waals surface area (Å²) in [5, 5.41) is 7.72. The van der Waals surface area contributed by atoms with Crippen molar-refractivity contribution in [1.29, 1.82) is 0 Å². The maximum Gasteiger partial charge on any atom is 0.0620 e. The van der Waals surface area contributed by atoms with Crippen LogP contribution in [0.5, 0.6) is 0 Å². The molecule has 1 aliphatic rings. The van der Waals surface area contributed by atoms with Gasteiger partial charge in [-0.15, -0.1) is 0 Å². The highest BCUT2D eigenvalue weighted by molar-refractivity contribution is 6.23. The van der Waals surface area contributed by atoms with Crippen molar-refractivity contribution < 1.29 is 0 Å². The molecule has 0 amide bonds. The van der Waals surface area contributed by atoms with Gasteiger partial charge in [-0.25, -0.2) is 0 Å². The first-order chi connectivity index (χ1) is 35.5. The third-order valence-corrected chi connectivity index (χ3v) is 15.9. The van der Waals surface area contributed by atoms with Crippen molar-refractivity contribution >= 4 is 77.0 Å².